The number of aryl methyl sites for hydroxylation is 1. The number of ether oxygens (including phenoxy) is 1. The van der Waals surface area contributed by atoms with Gasteiger partial charge < -0.3 is 10.1 Å². The molecule has 1 aliphatic heterocycles. The molecular formula is C21H25N3O4. The second-order valence-electron chi connectivity index (χ2n) is 7.10. The summed E-state index contributed by atoms with van der Waals surface area (Å²) in [7, 11) is 1.27. The zero-order valence-corrected chi connectivity index (χ0v) is 16.2. The fourth-order valence-electron chi connectivity index (χ4n) is 3.53. The van der Waals surface area contributed by atoms with Gasteiger partial charge in [-0.1, -0.05) is 24.3 Å². The van der Waals surface area contributed by atoms with Gasteiger partial charge in [-0.3, -0.25) is 15.0 Å². The van der Waals surface area contributed by atoms with Crippen LogP contribution < -0.4 is 5.32 Å². The van der Waals surface area contributed by atoms with Gasteiger partial charge in [0, 0.05) is 43.5 Å². The first-order chi connectivity index (χ1) is 13.5. The summed E-state index contributed by atoms with van der Waals surface area (Å²) < 4.78 is 4.79. The number of esters is 1. The van der Waals surface area contributed by atoms with Crippen molar-refractivity contribution in [2.75, 3.05) is 25.5 Å². The monoisotopic (exact) mass is 383 g/mol. The van der Waals surface area contributed by atoms with Crippen molar-refractivity contribution in [2.24, 2.45) is 0 Å². The van der Waals surface area contributed by atoms with E-state index < -0.39 is 10.9 Å². The predicted octanol–water partition coefficient (Wildman–Crippen LogP) is 3.77. The Morgan fingerprint density at radius 3 is 2.61 bits per heavy atom. The molecule has 0 spiro atoms. The summed E-state index contributed by atoms with van der Waals surface area (Å²) in [5, 5.41) is 14.4. The number of methoxy groups -OCH3 is 1. The second-order valence-corrected chi connectivity index (χ2v) is 7.10. The number of nitrogens with one attached hydrogen (secondary N) is 1. The molecule has 0 unspecified atom stereocenters. The molecule has 1 N–H and O–H groups in total. The van der Waals surface area contributed by atoms with Crippen molar-refractivity contribution in [3.8, 4) is 0 Å². The SMILES string of the molecule is COC(=O)c1cc([N+](=O)[O-])ccc1NC1CCN(Cc2ccccc2C)CC1. The molecule has 148 valence electrons. The van der Waals surface area contributed by atoms with Crippen molar-refractivity contribution >= 4 is 17.3 Å². The van der Waals surface area contributed by atoms with Crippen molar-refractivity contribution in [1.82, 2.24) is 4.90 Å². The number of likely N-dealkylation sites (tertiary alicyclic amines) is 1. The van der Waals surface area contributed by atoms with E-state index in [4.69, 9.17) is 4.74 Å². The molecule has 1 aliphatic rings. The Hall–Kier alpha value is -2.93. The summed E-state index contributed by atoms with van der Waals surface area (Å²) in [6.45, 7) is 4.97. The van der Waals surface area contributed by atoms with Gasteiger partial charge in [0.25, 0.3) is 5.69 Å². The average molecular weight is 383 g/mol. The minimum Gasteiger partial charge on any atom is -0.465 e. The highest BCUT2D eigenvalue weighted by Gasteiger charge is 2.23. The maximum absolute atomic E-state index is 12.0. The highest BCUT2D eigenvalue weighted by Crippen LogP contribution is 2.26. The van der Waals surface area contributed by atoms with E-state index in [-0.39, 0.29) is 17.3 Å². The fraction of sp³-hybridized carbons (Fsp3) is 0.381. The van der Waals surface area contributed by atoms with E-state index in [2.05, 4.69) is 41.4 Å². The summed E-state index contributed by atoms with van der Waals surface area (Å²) in [5.74, 6) is -0.580. The van der Waals surface area contributed by atoms with Gasteiger partial charge in [0.15, 0.2) is 0 Å². The molecule has 0 saturated carbocycles. The first-order valence-electron chi connectivity index (χ1n) is 9.38. The topological polar surface area (TPSA) is 84.7 Å². The number of hydrogen-bond acceptors (Lipinski definition) is 6. The lowest BCUT2D eigenvalue weighted by Crippen LogP contribution is -2.39. The third-order valence-corrected chi connectivity index (χ3v) is 5.22. The number of carbonyl (C=O) groups is 1. The summed E-state index contributed by atoms with van der Waals surface area (Å²) in [5.41, 5.74) is 3.29. The number of anilines is 1. The number of carbonyl (C=O) groups excluding carboxylic acids is 1. The van der Waals surface area contributed by atoms with Crippen molar-refractivity contribution in [1.29, 1.82) is 0 Å². The first-order valence-corrected chi connectivity index (χ1v) is 9.38. The van der Waals surface area contributed by atoms with E-state index in [9.17, 15) is 14.9 Å². The Labute approximate surface area is 164 Å². The van der Waals surface area contributed by atoms with Crippen molar-refractivity contribution in [3.63, 3.8) is 0 Å². The quantitative estimate of drug-likeness (QED) is 0.464. The Morgan fingerprint density at radius 2 is 1.96 bits per heavy atom. The number of rotatable bonds is 6. The lowest BCUT2D eigenvalue weighted by Gasteiger charge is -2.33. The lowest BCUT2D eigenvalue weighted by molar-refractivity contribution is -0.384. The molecular weight excluding hydrogens is 358 g/mol. The molecule has 1 saturated heterocycles. The Kier molecular flexibility index (Phi) is 6.26. The summed E-state index contributed by atoms with van der Waals surface area (Å²) in [4.78, 5) is 25.0. The van der Waals surface area contributed by atoms with E-state index in [0.717, 1.165) is 32.5 Å². The molecule has 0 amide bonds. The normalized spacial score (nSPS) is 15.2. The zero-order chi connectivity index (χ0) is 20.1. The minimum absolute atomic E-state index is 0.126. The molecule has 7 heteroatoms. The number of nitrogens with zero attached hydrogens (tertiary/aromatic N) is 2. The summed E-state index contributed by atoms with van der Waals surface area (Å²) >= 11 is 0. The van der Waals surface area contributed by atoms with E-state index in [1.165, 1.54) is 30.4 Å². The minimum atomic E-state index is -0.580. The number of non-ortho nitro benzene ring substituents is 1. The molecule has 2 aromatic rings. The number of nitro benzene ring substituents is 1. The number of nitro groups is 1. The molecule has 0 radical (unpaired) electrons. The highest BCUT2D eigenvalue weighted by molar-refractivity contribution is 5.96. The van der Waals surface area contributed by atoms with Gasteiger partial charge in [-0.25, -0.2) is 4.79 Å². The van der Waals surface area contributed by atoms with Gasteiger partial charge in [-0.05, 0) is 37.0 Å². The molecule has 28 heavy (non-hydrogen) atoms. The molecule has 3 rings (SSSR count). The van der Waals surface area contributed by atoms with E-state index in [1.807, 2.05) is 0 Å². The summed E-state index contributed by atoms with van der Waals surface area (Å²) in [6, 6.07) is 12.9. The smallest absolute Gasteiger partial charge is 0.340 e. The number of benzene rings is 2. The fourth-order valence-corrected chi connectivity index (χ4v) is 3.53. The van der Waals surface area contributed by atoms with Gasteiger partial charge in [0.1, 0.15) is 0 Å². The first kappa shape index (κ1) is 19.8. The van der Waals surface area contributed by atoms with Crippen LogP contribution in [0.3, 0.4) is 0 Å². The van der Waals surface area contributed by atoms with Gasteiger partial charge in [-0.15, -0.1) is 0 Å². The predicted molar refractivity (Wildman–Crippen MR) is 108 cm³/mol. The van der Waals surface area contributed by atoms with Gasteiger partial charge in [0.05, 0.1) is 17.6 Å². The maximum atomic E-state index is 12.0. The van der Waals surface area contributed by atoms with Crippen LogP contribution in [-0.4, -0.2) is 42.0 Å². The van der Waals surface area contributed by atoms with Crippen LogP contribution in [0.15, 0.2) is 42.5 Å². The van der Waals surface area contributed by atoms with E-state index >= 15 is 0 Å². The third-order valence-electron chi connectivity index (χ3n) is 5.22. The van der Waals surface area contributed by atoms with Crippen LogP contribution in [0.5, 0.6) is 0 Å². The summed E-state index contributed by atoms with van der Waals surface area (Å²) in [6.07, 6.45) is 1.87. The Balaban J connectivity index is 1.63. The number of piperidine rings is 1. The van der Waals surface area contributed by atoms with Gasteiger partial charge in [-0.2, -0.15) is 0 Å². The average Bonchev–Trinajstić information content (AvgIpc) is 2.70. The molecule has 0 atom stereocenters. The molecule has 0 aromatic heterocycles. The van der Waals surface area contributed by atoms with Crippen molar-refractivity contribution < 1.29 is 14.5 Å². The molecule has 0 bridgehead atoms. The van der Waals surface area contributed by atoms with Gasteiger partial charge >= 0.3 is 5.97 Å². The van der Waals surface area contributed by atoms with E-state index in [0.29, 0.717) is 5.69 Å². The van der Waals surface area contributed by atoms with Crippen LogP contribution in [0.25, 0.3) is 0 Å². The highest BCUT2D eigenvalue weighted by atomic mass is 16.6. The molecule has 0 aliphatic carbocycles. The van der Waals surface area contributed by atoms with Crippen LogP contribution in [0.4, 0.5) is 11.4 Å². The molecule has 1 heterocycles. The van der Waals surface area contributed by atoms with Crippen LogP contribution in [-0.2, 0) is 11.3 Å². The van der Waals surface area contributed by atoms with Gasteiger partial charge in [0.2, 0.25) is 0 Å². The molecule has 1 fully saturated rings. The Morgan fingerprint density at radius 1 is 1.25 bits per heavy atom. The third kappa shape index (κ3) is 4.67. The van der Waals surface area contributed by atoms with Crippen LogP contribution >= 0.6 is 0 Å². The zero-order valence-electron chi connectivity index (χ0n) is 16.2. The molecule has 2 aromatic carbocycles. The molecule has 7 nitrogen and oxygen atoms in total. The van der Waals surface area contributed by atoms with Crippen LogP contribution in [0.1, 0.15) is 34.3 Å². The number of hydrogen-bond donors (Lipinski definition) is 1. The van der Waals surface area contributed by atoms with Crippen molar-refractivity contribution in [2.45, 2.75) is 32.4 Å². The van der Waals surface area contributed by atoms with Crippen molar-refractivity contribution in [3.05, 3.63) is 69.3 Å². The maximum Gasteiger partial charge on any atom is 0.340 e. The largest absolute Gasteiger partial charge is 0.465 e. The van der Waals surface area contributed by atoms with Crippen LogP contribution in [0.2, 0.25) is 0 Å². The standard InChI is InChI=1S/C21H25N3O4/c1-15-5-3-4-6-16(15)14-23-11-9-17(10-12-23)22-20-8-7-18(24(26)27)13-19(20)21(25)28-2/h3-8,13,17,22H,9-12,14H2,1-2H3. The lowest BCUT2D eigenvalue weighted by atomic mass is 10.0. The van der Waals surface area contributed by atoms with Crippen LogP contribution in [0, 0.1) is 17.0 Å². The Bertz CT molecular complexity index is 860. The second kappa shape index (κ2) is 8.84. The van der Waals surface area contributed by atoms with E-state index in [1.54, 1.807) is 6.07 Å².